The highest BCUT2D eigenvalue weighted by Crippen LogP contribution is 2.20. The molecule has 0 aromatic carbocycles. The maximum atomic E-state index is 11.5. The van der Waals surface area contributed by atoms with E-state index >= 15 is 0 Å². The number of hydrogen-bond acceptors (Lipinski definition) is 3. The van der Waals surface area contributed by atoms with Crippen LogP contribution in [0.4, 0.5) is 0 Å². The minimum atomic E-state index is -0.0808. The number of rotatable bonds is 3. The summed E-state index contributed by atoms with van der Waals surface area (Å²) in [6.45, 7) is 6.84. The van der Waals surface area contributed by atoms with E-state index in [-0.39, 0.29) is 11.0 Å². The summed E-state index contributed by atoms with van der Waals surface area (Å²) >= 11 is 0. The van der Waals surface area contributed by atoms with Crippen molar-refractivity contribution < 1.29 is 0 Å². The summed E-state index contributed by atoms with van der Waals surface area (Å²) < 4.78 is 0. The summed E-state index contributed by atoms with van der Waals surface area (Å²) in [5.74, 6) is 0.740. The Morgan fingerprint density at radius 3 is 2.75 bits per heavy atom. The minimum Gasteiger partial charge on any atom is -0.309 e. The van der Waals surface area contributed by atoms with Crippen LogP contribution in [0.1, 0.15) is 45.1 Å². The second-order valence-corrected chi connectivity index (χ2v) is 5.48. The van der Waals surface area contributed by atoms with E-state index in [1.165, 1.54) is 12.8 Å². The molecular formula is C12H19N3O. The van der Waals surface area contributed by atoms with Crippen molar-refractivity contribution in [3.8, 4) is 0 Å². The van der Waals surface area contributed by atoms with Crippen LogP contribution in [0.25, 0.3) is 0 Å². The topological polar surface area (TPSA) is 57.8 Å². The van der Waals surface area contributed by atoms with E-state index in [4.69, 9.17) is 0 Å². The molecular weight excluding hydrogens is 202 g/mol. The third-order valence-corrected chi connectivity index (χ3v) is 2.69. The first-order valence-electron chi connectivity index (χ1n) is 5.79. The van der Waals surface area contributed by atoms with Crippen LogP contribution in [0.5, 0.6) is 0 Å². The number of H-pyrrole nitrogens is 1. The average Bonchev–Trinajstić information content (AvgIpc) is 2.96. The zero-order chi connectivity index (χ0) is 11.8. The Morgan fingerprint density at radius 1 is 1.50 bits per heavy atom. The van der Waals surface area contributed by atoms with Crippen LogP contribution in [0, 0.1) is 0 Å². The maximum absolute atomic E-state index is 11.5. The number of nitrogens with one attached hydrogen (secondary N) is 2. The third kappa shape index (κ3) is 2.92. The van der Waals surface area contributed by atoms with Gasteiger partial charge in [0.15, 0.2) is 0 Å². The molecule has 1 saturated carbocycles. The van der Waals surface area contributed by atoms with Crippen molar-refractivity contribution in [1.82, 2.24) is 15.3 Å². The van der Waals surface area contributed by atoms with E-state index in [1.54, 1.807) is 6.07 Å². The third-order valence-electron chi connectivity index (χ3n) is 2.69. The Bertz CT molecular complexity index is 427. The Morgan fingerprint density at radius 2 is 2.19 bits per heavy atom. The monoisotopic (exact) mass is 221 g/mol. The predicted octanol–water partition coefficient (Wildman–Crippen LogP) is 1.32. The fourth-order valence-corrected chi connectivity index (χ4v) is 1.50. The molecule has 0 spiro atoms. The minimum absolute atomic E-state index is 0.0625. The van der Waals surface area contributed by atoms with Gasteiger partial charge < -0.3 is 10.3 Å². The molecule has 4 heteroatoms. The molecule has 1 heterocycles. The first kappa shape index (κ1) is 11.3. The smallest absolute Gasteiger partial charge is 0.251 e. The van der Waals surface area contributed by atoms with Gasteiger partial charge in [-0.1, -0.05) is 20.8 Å². The van der Waals surface area contributed by atoms with Gasteiger partial charge in [-0.05, 0) is 12.8 Å². The van der Waals surface area contributed by atoms with Gasteiger partial charge in [0.25, 0.3) is 5.56 Å². The van der Waals surface area contributed by atoms with E-state index in [2.05, 4.69) is 36.1 Å². The molecule has 0 atom stereocenters. The van der Waals surface area contributed by atoms with Crippen molar-refractivity contribution in [3.05, 3.63) is 27.9 Å². The molecule has 0 bridgehead atoms. The first-order valence-corrected chi connectivity index (χ1v) is 5.79. The Labute approximate surface area is 95.5 Å². The van der Waals surface area contributed by atoms with E-state index in [1.807, 2.05) is 0 Å². The number of aromatic amines is 1. The molecule has 1 aliphatic rings. The van der Waals surface area contributed by atoms with Gasteiger partial charge in [0, 0.05) is 17.5 Å². The highest BCUT2D eigenvalue weighted by molar-refractivity contribution is 5.12. The van der Waals surface area contributed by atoms with Crippen LogP contribution in [0.3, 0.4) is 0 Å². The molecule has 1 aromatic rings. The highest BCUT2D eigenvalue weighted by Gasteiger charge is 2.21. The fourth-order valence-electron chi connectivity index (χ4n) is 1.50. The fraction of sp³-hybridized carbons (Fsp3) is 0.667. The summed E-state index contributed by atoms with van der Waals surface area (Å²) in [6, 6.07) is 2.21. The summed E-state index contributed by atoms with van der Waals surface area (Å²) in [5.41, 5.74) is 0.708. The molecule has 0 amide bonds. The van der Waals surface area contributed by atoms with Crippen molar-refractivity contribution in [2.45, 2.75) is 51.6 Å². The molecule has 2 N–H and O–H groups in total. The summed E-state index contributed by atoms with van der Waals surface area (Å²) in [6.07, 6.45) is 2.48. The van der Waals surface area contributed by atoms with Gasteiger partial charge in [-0.2, -0.15) is 0 Å². The van der Waals surface area contributed by atoms with E-state index in [0.717, 1.165) is 11.5 Å². The lowest BCUT2D eigenvalue weighted by molar-refractivity contribution is 0.553. The van der Waals surface area contributed by atoms with Gasteiger partial charge >= 0.3 is 0 Å². The van der Waals surface area contributed by atoms with E-state index in [0.29, 0.717) is 12.6 Å². The van der Waals surface area contributed by atoms with Gasteiger partial charge in [0.1, 0.15) is 5.82 Å². The number of hydrogen-bond donors (Lipinski definition) is 2. The van der Waals surface area contributed by atoms with Gasteiger partial charge in [-0.3, -0.25) is 4.79 Å². The average molecular weight is 221 g/mol. The molecule has 2 rings (SSSR count). The van der Waals surface area contributed by atoms with Crippen LogP contribution in [-0.2, 0) is 12.0 Å². The molecule has 16 heavy (non-hydrogen) atoms. The van der Waals surface area contributed by atoms with Crippen molar-refractivity contribution in [3.63, 3.8) is 0 Å². The van der Waals surface area contributed by atoms with Gasteiger partial charge in [0.2, 0.25) is 0 Å². The highest BCUT2D eigenvalue weighted by atomic mass is 16.1. The van der Waals surface area contributed by atoms with Crippen molar-refractivity contribution in [2.24, 2.45) is 0 Å². The molecule has 0 unspecified atom stereocenters. The SMILES string of the molecule is CC(C)(C)c1cc(=O)[nH]c(CNC2CC2)n1. The molecule has 1 aliphatic carbocycles. The molecule has 0 aliphatic heterocycles. The standard InChI is InChI=1S/C12H19N3O/c1-12(2,3)9-6-11(16)15-10(14-9)7-13-8-4-5-8/h6,8,13H,4-5,7H2,1-3H3,(H,14,15,16). The van der Waals surface area contributed by atoms with Crippen LogP contribution in [-0.4, -0.2) is 16.0 Å². The van der Waals surface area contributed by atoms with Crippen molar-refractivity contribution >= 4 is 0 Å². The van der Waals surface area contributed by atoms with Crippen LogP contribution in [0.2, 0.25) is 0 Å². The molecule has 88 valence electrons. The molecule has 0 radical (unpaired) electrons. The number of nitrogens with zero attached hydrogens (tertiary/aromatic N) is 1. The van der Waals surface area contributed by atoms with Gasteiger partial charge in [0.05, 0.1) is 12.2 Å². The molecule has 1 aromatic heterocycles. The second-order valence-electron chi connectivity index (χ2n) is 5.48. The number of aromatic nitrogens is 2. The first-order chi connectivity index (χ1) is 7.45. The zero-order valence-corrected chi connectivity index (χ0v) is 10.1. The van der Waals surface area contributed by atoms with Crippen molar-refractivity contribution in [2.75, 3.05) is 0 Å². The van der Waals surface area contributed by atoms with Crippen LogP contribution < -0.4 is 10.9 Å². The summed E-state index contributed by atoms with van der Waals surface area (Å²) in [5, 5.41) is 3.35. The molecule has 4 nitrogen and oxygen atoms in total. The predicted molar refractivity (Wildman–Crippen MR) is 63.4 cm³/mol. The Balaban J connectivity index is 2.17. The Kier molecular flexibility index (Phi) is 2.84. The second kappa shape index (κ2) is 4.01. The summed E-state index contributed by atoms with van der Waals surface area (Å²) in [7, 11) is 0. The van der Waals surface area contributed by atoms with Crippen LogP contribution >= 0.6 is 0 Å². The largest absolute Gasteiger partial charge is 0.309 e. The summed E-state index contributed by atoms with van der Waals surface area (Å²) in [4.78, 5) is 18.8. The lowest BCUT2D eigenvalue weighted by Gasteiger charge is -2.17. The van der Waals surface area contributed by atoms with Gasteiger partial charge in [-0.25, -0.2) is 4.98 Å². The maximum Gasteiger partial charge on any atom is 0.251 e. The zero-order valence-electron chi connectivity index (χ0n) is 10.1. The van der Waals surface area contributed by atoms with Crippen molar-refractivity contribution in [1.29, 1.82) is 0 Å². The van der Waals surface area contributed by atoms with E-state index < -0.39 is 0 Å². The Hall–Kier alpha value is -1.16. The molecule has 1 fully saturated rings. The quantitative estimate of drug-likeness (QED) is 0.809. The molecule has 0 saturated heterocycles. The normalized spacial score (nSPS) is 16.4. The van der Waals surface area contributed by atoms with Crippen LogP contribution in [0.15, 0.2) is 10.9 Å². The van der Waals surface area contributed by atoms with E-state index in [9.17, 15) is 4.79 Å². The lowest BCUT2D eigenvalue weighted by Crippen LogP contribution is -2.25. The lowest BCUT2D eigenvalue weighted by atomic mass is 9.92. The van der Waals surface area contributed by atoms with Gasteiger partial charge in [-0.15, -0.1) is 0 Å².